The van der Waals surface area contributed by atoms with Gasteiger partial charge in [0.15, 0.2) is 0 Å². The molecule has 116 valence electrons. The average Bonchev–Trinajstić information content (AvgIpc) is 2.50. The molecule has 0 aliphatic carbocycles. The summed E-state index contributed by atoms with van der Waals surface area (Å²) < 4.78 is 0. The first kappa shape index (κ1) is 18.9. The van der Waals surface area contributed by atoms with Gasteiger partial charge in [0, 0.05) is 31.9 Å². The van der Waals surface area contributed by atoms with Crippen LogP contribution in [0.4, 0.5) is 5.69 Å². The van der Waals surface area contributed by atoms with E-state index in [-0.39, 0.29) is 0 Å². The predicted octanol–water partition coefficient (Wildman–Crippen LogP) is 2.17. The van der Waals surface area contributed by atoms with Crippen molar-refractivity contribution < 1.29 is 0 Å². The van der Waals surface area contributed by atoms with E-state index < -0.39 is 0 Å². The third-order valence-corrected chi connectivity index (χ3v) is 2.78. The molecule has 1 rings (SSSR count). The van der Waals surface area contributed by atoms with Gasteiger partial charge in [-0.2, -0.15) is 0 Å². The first-order chi connectivity index (χ1) is 9.85. The van der Waals surface area contributed by atoms with Crippen molar-refractivity contribution in [2.24, 2.45) is 11.5 Å². The first-order valence-electron chi connectivity index (χ1n) is 7.74. The molecule has 0 saturated carbocycles. The van der Waals surface area contributed by atoms with Gasteiger partial charge >= 0.3 is 0 Å². The van der Waals surface area contributed by atoms with Crippen molar-refractivity contribution in [2.75, 3.05) is 38.0 Å². The number of rotatable bonds is 10. The summed E-state index contributed by atoms with van der Waals surface area (Å²) >= 11 is 0. The Morgan fingerprint density at radius 2 is 1.55 bits per heavy atom. The number of para-hydroxylation sites is 1. The summed E-state index contributed by atoms with van der Waals surface area (Å²) in [5, 5.41) is 6.44. The molecule has 1 aromatic rings. The molecule has 20 heavy (non-hydrogen) atoms. The van der Waals surface area contributed by atoms with Crippen LogP contribution in [0.2, 0.25) is 0 Å². The van der Waals surface area contributed by atoms with Crippen LogP contribution in [0.25, 0.3) is 0 Å². The van der Waals surface area contributed by atoms with E-state index in [9.17, 15) is 0 Å². The minimum atomic E-state index is 0.675. The molecule has 0 fully saturated rings. The maximum absolute atomic E-state index is 5.31. The molecular formula is C16H32N4. The highest BCUT2D eigenvalue weighted by molar-refractivity contribution is 5.42. The quantitative estimate of drug-likeness (QED) is 0.496. The lowest BCUT2D eigenvalue weighted by Gasteiger charge is -2.01. The molecule has 6 N–H and O–H groups in total. The molecule has 0 amide bonds. The SMILES string of the molecule is CCCCCCNCCN.NCCNc1ccccc1. The third kappa shape index (κ3) is 13.3. The van der Waals surface area contributed by atoms with Crippen molar-refractivity contribution >= 4 is 5.69 Å². The van der Waals surface area contributed by atoms with Crippen LogP contribution in [0.15, 0.2) is 30.3 Å². The summed E-state index contributed by atoms with van der Waals surface area (Å²) in [7, 11) is 0. The second-order valence-corrected chi connectivity index (χ2v) is 4.68. The molecule has 1 aromatic carbocycles. The van der Waals surface area contributed by atoms with Crippen molar-refractivity contribution in [2.45, 2.75) is 32.6 Å². The zero-order valence-electron chi connectivity index (χ0n) is 12.9. The van der Waals surface area contributed by atoms with Gasteiger partial charge in [-0.3, -0.25) is 0 Å². The summed E-state index contributed by atoms with van der Waals surface area (Å²) in [6.45, 7) is 6.60. The zero-order chi connectivity index (χ0) is 14.9. The second-order valence-electron chi connectivity index (χ2n) is 4.68. The van der Waals surface area contributed by atoms with E-state index in [1.54, 1.807) is 0 Å². The number of hydrogen-bond acceptors (Lipinski definition) is 4. The number of nitrogens with one attached hydrogen (secondary N) is 2. The van der Waals surface area contributed by atoms with Crippen LogP contribution in [-0.2, 0) is 0 Å². The highest BCUT2D eigenvalue weighted by atomic mass is 14.9. The van der Waals surface area contributed by atoms with Crippen molar-refractivity contribution in [1.29, 1.82) is 0 Å². The van der Waals surface area contributed by atoms with E-state index >= 15 is 0 Å². The summed E-state index contributed by atoms with van der Waals surface area (Å²) in [5.74, 6) is 0. The second kappa shape index (κ2) is 16.0. The Labute approximate surface area is 124 Å². The summed E-state index contributed by atoms with van der Waals surface area (Å²) in [6, 6.07) is 10.0. The number of hydrogen-bond donors (Lipinski definition) is 4. The number of unbranched alkanes of at least 4 members (excludes halogenated alkanes) is 3. The number of anilines is 1. The normalized spacial score (nSPS) is 9.75. The molecular weight excluding hydrogens is 248 g/mol. The van der Waals surface area contributed by atoms with Crippen LogP contribution < -0.4 is 22.1 Å². The Morgan fingerprint density at radius 1 is 0.850 bits per heavy atom. The Morgan fingerprint density at radius 3 is 2.15 bits per heavy atom. The Bertz CT molecular complexity index is 269. The molecule has 0 atom stereocenters. The predicted molar refractivity (Wildman–Crippen MR) is 90.1 cm³/mol. The summed E-state index contributed by atoms with van der Waals surface area (Å²) in [5.41, 5.74) is 11.8. The third-order valence-electron chi connectivity index (χ3n) is 2.78. The van der Waals surface area contributed by atoms with Gasteiger partial charge in [-0.15, -0.1) is 0 Å². The van der Waals surface area contributed by atoms with Crippen molar-refractivity contribution in [3.63, 3.8) is 0 Å². The largest absolute Gasteiger partial charge is 0.384 e. The van der Waals surface area contributed by atoms with E-state index in [0.29, 0.717) is 6.54 Å². The fraction of sp³-hybridized carbons (Fsp3) is 0.625. The molecule has 0 saturated heterocycles. The van der Waals surface area contributed by atoms with Gasteiger partial charge < -0.3 is 22.1 Å². The van der Waals surface area contributed by atoms with E-state index in [1.807, 2.05) is 30.3 Å². The standard InChI is InChI=1S/C8H12N2.C8H20N2/c9-6-7-10-8-4-2-1-3-5-8;1-2-3-4-5-7-10-8-6-9/h1-5,10H,6-7,9H2;10H,2-9H2,1H3. The highest BCUT2D eigenvalue weighted by Gasteiger charge is 1.86. The molecule has 0 unspecified atom stereocenters. The van der Waals surface area contributed by atoms with Gasteiger partial charge in [0.25, 0.3) is 0 Å². The Hall–Kier alpha value is -1.10. The van der Waals surface area contributed by atoms with Gasteiger partial charge in [-0.05, 0) is 25.1 Å². The molecule has 0 radical (unpaired) electrons. The lowest BCUT2D eigenvalue weighted by atomic mass is 10.2. The minimum Gasteiger partial charge on any atom is -0.384 e. The minimum absolute atomic E-state index is 0.675. The molecule has 0 aliphatic heterocycles. The maximum atomic E-state index is 5.31. The molecule has 0 aromatic heterocycles. The summed E-state index contributed by atoms with van der Waals surface area (Å²) in [6.07, 6.45) is 5.34. The molecule has 4 nitrogen and oxygen atoms in total. The van der Waals surface area contributed by atoms with Gasteiger partial charge in [-0.1, -0.05) is 44.4 Å². The lowest BCUT2D eigenvalue weighted by Crippen LogP contribution is -2.23. The van der Waals surface area contributed by atoms with Crippen molar-refractivity contribution in [3.05, 3.63) is 30.3 Å². The topological polar surface area (TPSA) is 76.1 Å². The molecule has 4 heteroatoms. The van der Waals surface area contributed by atoms with Crippen LogP contribution in [0.5, 0.6) is 0 Å². The molecule has 0 aliphatic rings. The van der Waals surface area contributed by atoms with Crippen LogP contribution in [-0.4, -0.2) is 32.7 Å². The van der Waals surface area contributed by atoms with E-state index in [0.717, 1.165) is 31.9 Å². The zero-order valence-corrected chi connectivity index (χ0v) is 12.9. The van der Waals surface area contributed by atoms with Crippen molar-refractivity contribution in [3.8, 4) is 0 Å². The van der Waals surface area contributed by atoms with E-state index in [2.05, 4.69) is 17.6 Å². The van der Waals surface area contributed by atoms with Crippen LogP contribution in [0.3, 0.4) is 0 Å². The fourth-order valence-electron chi connectivity index (χ4n) is 1.68. The van der Waals surface area contributed by atoms with E-state index in [1.165, 1.54) is 25.7 Å². The molecule has 0 spiro atoms. The highest BCUT2D eigenvalue weighted by Crippen LogP contribution is 2.02. The molecule has 0 bridgehead atoms. The van der Waals surface area contributed by atoms with Gasteiger partial charge in [0.2, 0.25) is 0 Å². The maximum Gasteiger partial charge on any atom is 0.0340 e. The van der Waals surface area contributed by atoms with Crippen LogP contribution in [0, 0.1) is 0 Å². The molecule has 0 heterocycles. The Kier molecular flexibility index (Phi) is 15.1. The Balaban J connectivity index is 0.000000361. The average molecular weight is 280 g/mol. The van der Waals surface area contributed by atoms with Crippen molar-refractivity contribution in [1.82, 2.24) is 5.32 Å². The summed E-state index contributed by atoms with van der Waals surface area (Å²) in [4.78, 5) is 0. The van der Waals surface area contributed by atoms with Crippen LogP contribution in [0.1, 0.15) is 32.6 Å². The number of benzene rings is 1. The van der Waals surface area contributed by atoms with Gasteiger partial charge in [0.05, 0.1) is 0 Å². The van der Waals surface area contributed by atoms with E-state index in [4.69, 9.17) is 11.5 Å². The smallest absolute Gasteiger partial charge is 0.0340 e. The number of nitrogens with two attached hydrogens (primary N) is 2. The van der Waals surface area contributed by atoms with Gasteiger partial charge in [0.1, 0.15) is 0 Å². The van der Waals surface area contributed by atoms with Crippen LogP contribution >= 0.6 is 0 Å². The first-order valence-corrected chi connectivity index (χ1v) is 7.74. The fourth-order valence-corrected chi connectivity index (χ4v) is 1.68. The van der Waals surface area contributed by atoms with Gasteiger partial charge in [-0.25, -0.2) is 0 Å². The monoisotopic (exact) mass is 280 g/mol. The lowest BCUT2D eigenvalue weighted by molar-refractivity contribution is 0.602.